The van der Waals surface area contributed by atoms with Gasteiger partial charge in [-0.05, 0) is 56.8 Å². The molecule has 5 heteroatoms. The summed E-state index contributed by atoms with van der Waals surface area (Å²) >= 11 is 0. The maximum Gasteiger partial charge on any atom is 0.307 e. The smallest absolute Gasteiger partial charge is 0.307 e. The van der Waals surface area contributed by atoms with Crippen LogP contribution in [0.15, 0.2) is 18.2 Å². The average Bonchev–Trinajstić information content (AvgIpc) is 2.58. The van der Waals surface area contributed by atoms with Crippen molar-refractivity contribution in [3.63, 3.8) is 0 Å². The van der Waals surface area contributed by atoms with E-state index in [9.17, 15) is 9.59 Å². The van der Waals surface area contributed by atoms with Crippen molar-refractivity contribution >= 4 is 11.9 Å². The number of nitrogens with one attached hydrogen (secondary N) is 1. The van der Waals surface area contributed by atoms with Crippen molar-refractivity contribution < 1.29 is 14.3 Å². The molecule has 0 radical (unpaired) electrons. The number of aryl methyl sites for hydroxylation is 2. The maximum atomic E-state index is 12.5. The second-order valence-electron chi connectivity index (χ2n) is 7.03. The zero-order valence-corrected chi connectivity index (χ0v) is 15.8. The number of hydrogen-bond donors (Lipinski definition) is 1. The van der Waals surface area contributed by atoms with E-state index in [4.69, 9.17) is 4.74 Å². The lowest BCUT2D eigenvalue weighted by molar-refractivity contribution is -0.143. The molecule has 1 heterocycles. The van der Waals surface area contributed by atoms with Gasteiger partial charge in [-0.2, -0.15) is 0 Å². The SMILES string of the molecule is COC(=O)CC1CCCCN1CC(=O)NC(C)c1ccc(C)c(C)c1. The third-order valence-corrected chi connectivity index (χ3v) is 5.13. The molecule has 1 fully saturated rings. The molecule has 0 spiro atoms. The van der Waals surface area contributed by atoms with Crippen LogP contribution in [0.5, 0.6) is 0 Å². The highest BCUT2D eigenvalue weighted by Gasteiger charge is 2.27. The number of ether oxygens (including phenoxy) is 1. The van der Waals surface area contributed by atoms with Crippen molar-refractivity contribution in [1.29, 1.82) is 0 Å². The van der Waals surface area contributed by atoms with Gasteiger partial charge >= 0.3 is 5.97 Å². The number of hydrogen-bond acceptors (Lipinski definition) is 4. The number of piperidine rings is 1. The Morgan fingerprint density at radius 3 is 2.72 bits per heavy atom. The number of rotatable bonds is 6. The number of esters is 1. The molecule has 0 bridgehead atoms. The number of carbonyl (C=O) groups is 2. The second-order valence-corrected chi connectivity index (χ2v) is 7.03. The summed E-state index contributed by atoms with van der Waals surface area (Å²) in [6, 6.07) is 6.35. The standard InChI is InChI=1S/C20H30N2O3/c1-14-8-9-17(11-15(14)2)16(3)21-19(23)13-22-10-6-5-7-18(22)12-20(24)25-4/h8-9,11,16,18H,5-7,10,12-13H2,1-4H3,(H,21,23). The van der Waals surface area contributed by atoms with Crippen LogP contribution in [-0.4, -0.2) is 43.0 Å². The predicted molar refractivity (Wildman–Crippen MR) is 98.3 cm³/mol. The van der Waals surface area contributed by atoms with Crippen LogP contribution in [0.2, 0.25) is 0 Å². The largest absolute Gasteiger partial charge is 0.469 e. The van der Waals surface area contributed by atoms with Gasteiger partial charge in [-0.15, -0.1) is 0 Å². The number of amides is 1. The Morgan fingerprint density at radius 2 is 2.04 bits per heavy atom. The minimum Gasteiger partial charge on any atom is -0.469 e. The van der Waals surface area contributed by atoms with Gasteiger partial charge in [0.15, 0.2) is 0 Å². The van der Waals surface area contributed by atoms with Crippen LogP contribution in [0, 0.1) is 13.8 Å². The van der Waals surface area contributed by atoms with Gasteiger partial charge in [0.05, 0.1) is 26.1 Å². The molecule has 25 heavy (non-hydrogen) atoms. The van der Waals surface area contributed by atoms with Crippen LogP contribution >= 0.6 is 0 Å². The summed E-state index contributed by atoms with van der Waals surface area (Å²) in [7, 11) is 1.41. The molecule has 2 rings (SSSR count). The molecule has 1 N–H and O–H groups in total. The van der Waals surface area contributed by atoms with Crippen LogP contribution in [0.1, 0.15) is 55.3 Å². The minimum absolute atomic E-state index is 0.00231. The number of methoxy groups -OCH3 is 1. The van der Waals surface area contributed by atoms with Crippen molar-refractivity contribution in [3.05, 3.63) is 34.9 Å². The normalized spacial score (nSPS) is 19.3. The maximum absolute atomic E-state index is 12.5. The van der Waals surface area contributed by atoms with E-state index in [-0.39, 0.29) is 24.0 Å². The first kappa shape index (κ1) is 19.4. The van der Waals surface area contributed by atoms with Gasteiger partial charge in [0, 0.05) is 6.04 Å². The van der Waals surface area contributed by atoms with E-state index in [1.165, 1.54) is 18.2 Å². The molecule has 1 saturated heterocycles. The van der Waals surface area contributed by atoms with Gasteiger partial charge in [0.25, 0.3) is 0 Å². The summed E-state index contributed by atoms with van der Waals surface area (Å²) < 4.78 is 4.78. The molecule has 1 amide bonds. The fraction of sp³-hybridized carbons (Fsp3) is 0.600. The molecule has 138 valence electrons. The third kappa shape index (κ3) is 5.56. The topological polar surface area (TPSA) is 58.6 Å². The lowest BCUT2D eigenvalue weighted by Gasteiger charge is -2.34. The van der Waals surface area contributed by atoms with Crippen LogP contribution in [0.4, 0.5) is 0 Å². The van der Waals surface area contributed by atoms with E-state index < -0.39 is 0 Å². The Morgan fingerprint density at radius 1 is 1.28 bits per heavy atom. The van der Waals surface area contributed by atoms with E-state index in [2.05, 4.69) is 42.3 Å². The zero-order valence-electron chi connectivity index (χ0n) is 15.8. The lowest BCUT2D eigenvalue weighted by Crippen LogP contribution is -2.46. The van der Waals surface area contributed by atoms with Gasteiger partial charge in [0.2, 0.25) is 5.91 Å². The first-order chi connectivity index (χ1) is 11.9. The van der Waals surface area contributed by atoms with E-state index in [0.29, 0.717) is 13.0 Å². The van der Waals surface area contributed by atoms with Gasteiger partial charge in [0.1, 0.15) is 0 Å². The highest BCUT2D eigenvalue weighted by molar-refractivity contribution is 5.78. The summed E-state index contributed by atoms with van der Waals surface area (Å²) in [4.78, 5) is 26.2. The molecular weight excluding hydrogens is 316 g/mol. The summed E-state index contributed by atoms with van der Waals surface area (Å²) in [5.74, 6) is -0.205. The summed E-state index contributed by atoms with van der Waals surface area (Å²) in [6.45, 7) is 7.35. The molecule has 0 aromatic heterocycles. The summed E-state index contributed by atoms with van der Waals surface area (Å²) in [5.41, 5.74) is 3.59. The van der Waals surface area contributed by atoms with Crippen molar-refractivity contribution in [2.24, 2.45) is 0 Å². The molecule has 1 aliphatic rings. The van der Waals surface area contributed by atoms with E-state index in [0.717, 1.165) is 31.4 Å². The van der Waals surface area contributed by atoms with Crippen LogP contribution < -0.4 is 5.32 Å². The first-order valence-corrected chi connectivity index (χ1v) is 9.08. The minimum atomic E-state index is -0.208. The van der Waals surface area contributed by atoms with Gasteiger partial charge in [-0.1, -0.05) is 24.6 Å². The van der Waals surface area contributed by atoms with Gasteiger partial charge < -0.3 is 10.1 Å². The Bertz CT molecular complexity index is 615. The third-order valence-electron chi connectivity index (χ3n) is 5.13. The molecular formula is C20H30N2O3. The highest BCUT2D eigenvalue weighted by Crippen LogP contribution is 2.20. The Kier molecular flexibility index (Phi) is 7.00. The molecule has 1 aromatic carbocycles. The van der Waals surface area contributed by atoms with Gasteiger partial charge in [-0.3, -0.25) is 14.5 Å². The average molecular weight is 346 g/mol. The number of carbonyl (C=O) groups excluding carboxylic acids is 2. The predicted octanol–water partition coefficient (Wildman–Crippen LogP) is 2.90. The van der Waals surface area contributed by atoms with Crippen LogP contribution in [0.25, 0.3) is 0 Å². The molecule has 5 nitrogen and oxygen atoms in total. The quantitative estimate of drug-likeness (QED) is 0.805. The van der Waals surface area contributed by atoms with Crippen LogP contribution in [-0.2, 0) is 14.3 Å². The van der Waals surface area contributed by atoms with Crippen molar-refractivity contribution in [3.8, 4) is 0 Å². The van der Waals surface area contributed by atoms with E-state index in [1.54, 1.807) is 0 Å². The van der Waals surface area contributed by atoms with Crippen molar-refractivity contribution in [1.82, 2.24) is 10.2 Å². The van der Waals surface area contributed by atoms with E-state index >= 15 is 0 Å². The Labute approximate surface area is 150 Å². The molecule has 2 unspecified atom stereocenters. The number of likely N-dealkylation sites (tertiary alicyclic amines) is 1. The Hall–Kier alpha value is -1.88. The molecule has 0 saturated carbocycles. The monoisotopic (exact) mass is 346 g/mol. The molecule has 0 aliphatic carbocycles. The summed E-state index contributed by atoms with van der Waals surface area (Å²) in [6.07, 6.45) is 3.46. The fourth-order valence-electron chi connectivity index (χ4n) is 3.36. The van der Waals surface area contributed by atoms with Crippen LogP contribution in [0.3, 0.4) is 0 Å². The zero-order chi connectivity index (χ0) is 18.4. The molecule has 1 aromatic rings. The first-order valence-electron chi connectivity index (χ1n) is 9.08. The molecule has 1 aliphatic heterocycles. The van der Waals surface area contributed by atoms with Crippen molar-refractivity contribution in [2.75, 3.05) is 20.2 Å². The van der Waals surface area contributed by atoms with Crippen molar-refractivity contribution in [2.45, 2.75) is 58.5 Å². The lowest BCUT2D eigenvalue weighted by atomic mass is 9.99. The van der Waals surface area contributed by atoms with E-state index in [1.807, 2.05) is 6.92 Å². The second kappa shape index (κ2) is 8.99. The molecule has 2 atom stereocenters. The fourth-order valence-corrected chi connectivity index (χ4v) is 3.36. The van der Waals surface area contributed by atoms with Gasteiger partial charge in [-0.25, -0.2) is 0 Å². The summed E-state index contributed by atoms with van der Waals surface area (Å²) in [5, 5.41) is 3.08. The number of benzene rings is 1. The number of nitrogens with zero attached hydrogens (tertiary/aromatic N) is 1. The Balaban J connectivity index is 1.92. The highest BCUT2D eigenvalue weighted by atomic mass is 16.5.